The van der Waals surface area contributed by atoms with Gasteiger partial charge in [-0.15, -0.1) is 0 Å². The minimum Gasteiger partial charge on any atom is -0.536 e. The van der Waals surface area contributed by atoms with Crippen LogP contribution in [0.3, 0.4) is 0 Å². The molecule has 0 saturated heterocycles. The van der Waals surface area contributed by atoms with Crippen LogP contribution in [0.4, 0.5) is 11.4 Å². The molecule has 4 heterocycles. The summed E-state index contributed by atoms with van der Waals surface area (Å²) in [5.41, 5.74) is 8.91. The zero-order valence-electron chi connectivity index (χ0n) is 18.2. The van der Waals surface area contributed by atoms with Crippen molar-refractivity contribution in [3.8, 4) is 22.7 Å². The van der Waals surface area contributed by atoms with Gasteiger partial charge in [0.2, 0.25) is 0 Å². The van der Waals surface area contributed by atoms with E-state index in [4.69, 9.17) is 9.64 Å². The van der Waals surface area contributed by atoms with Gasteiger partial charge < -0.3 is 14.0 Å². The van der Waals surface area contributed by atoms with Gasteiger partial charge in [-0.1, -0.05) is 54.6 Å². The Balaban J connectivity index is 1.40. The van der Waals surface area contributed by atoms with Gasteiger partial charge in [-0.05, 0) is 54.0 Å². The third-order valence-corrected chi connectivity index (χ3v) is 7.04. The van der Waals surface area contributed by atoms with Crippen molar-refractivity contribution >= 4 is 45.7 Å². The van der Waals surface area contributed by atoms with Crippen molar-refractivity contribution in [2.75, 3.05) is 4.81 Å². The number of nitrogens with zero attached hydrogens (tertiary/aromatic N) is 3. The van der Waals surface area contributed by atoms with Gasteiger partial charge in [0.05, 0.1) is 28.1 Å². The van der Waals surface area contributed by atoms with Crippen LogP contribution in [0.25, 0.3) is 38.8 Å². The van der Waals surface area contributed by atoms with Crippen molar-refractivity contribution in [1.82, 2.24) is 9.55 Å². The van der Waals surface area contributed by atoms with Crippen LogP contribution in [0.15, 0.2) is 109 Å². The van der Waals surface area contributed by atoms with E-state index < -0.39 is 0 Å². The summed E-state index contributed by atoms with van der Waals surface area (Å²) in [5, 5.41) is 2.52. The highest BCUT2D eigenvalue weighted by molar-refractivity contribution is 6.77. The lowest BCUT2D eigenvalue weighted by Gasteiger charge is -2.30. The number of benzene rings is 4. The zero-order chi connectivity index (χ0) is 22.2. The summed E-state index contributed by atoms with van der Waals surface area (Å²) in [6, 6.07) is 36.3. The number of hydrogen-bond acceptors (Lipinski definition) is 3. The topological polar surface area (TPSA) is 30.3 Å². The van der Waals surface area contributed by atoms with Crippen LogP contribution in [0, 0.1) is 0 Å². The molecule has 0 atom stereocenters. The first kappa shape index (κ1) is 18.0. The maximum absolute atomic E-state index is 6.46. The van der Waals surface area contributed by atoms with Crippen LogP contribution >= 0.6 is 0 Å². The van der Waals surface area contributed by atoms with Crippen molar-refractivity contribution in [3.63, 3.8) is 0 Å². The second-order valence-electron chi connectivity index (χ2n) is 8.82. The summed E-state index contributed by atoms with van der Waals surface area (Å²) in [4.78, 5) is 7.10. The molecule has 2 aliphatic rings. The van der Waals surface area contributed by atoms with Gasteiger partial charge in [-0.3, -0.25) is 4.98 Å². The minimum atomic E-state index is -0.198. The summed E-state index contributed by atoms with van der Waals surface area (Å²) in [5.74, 6) is 0.904. The second kappa shape index (κ2) is 6.52. The fraction of sp³-hybridized carbons (Fsp3) is 0. The van der Waals surface area contributed by atoms with Crippen molar-refractivity contribution in [2.45, 2.75) is 0 Å². The standard InChI is InChI=1S/C29H18BN3O/c1-3-10-24-20(8-1)21-9-2-4-11-25(21)32(24)19-15-16-23-22(18-19)29-27(13-7-17-31-29)33-26-12-5-6-14-28(26)34-30(23)33/h1-18H. The van der Waals surface area contributed by atoms with E-state index in [0.717, 1.165) is 39.5 Å². The Morgan fingerprint density at radius 2 is 1.38 bits per heavy atom. The van der Waals surface area contributed by atoms with Gasteiger partial charge >= 0.3 is 7.05 Å². The number of hydrogen-bond donors (Lipinski definition) is 0. The first-order chi connectivity index (χ1) is 16.9. The minimum absolute atomic E-state index is 0.198. The Morgan fingerprint density at radius 3 is 2.21 bits per heavy atom. The Labute approximate surface area is 196 Å². The molecule has 158 valence electrons. The first-order valence-electron chi connectivity index (χ1n) is 11.5. The molecule has 5 heteroatoms. The van der Waals surface area contributed by atoms with Crippen LogP contribution in [0.1, 0.15) is 0 Å². The molecule has 4 aromatic carbocycles. The van der Waals surface area contributed by atoms with Gasteiger partial charge in [0.1, 0.15) is 5.75 Å². The summed E-state index contributed by atoms with van der Waals surface area (Å²) >= 11 is 0. The van der Waals surface area contributed by atoms with Crippen LogP contribution in [-0.4, -0.2) is 16.6 Å². The van der Waals surface area contributed by atoms with Gasteiger partial charge in [0.25, 0.3) is 0 Å². The fourth-order valence-electron chi connectivity index (χ4n) is 5.62. The molecule has 8 rings (SSSR count). The average Bonchev–Trinajstić information content (AvgIpc) is 3.45. The number of rotatable bonds is 1. The maximum Gasteiger partial charge on any atom is 0.525 e. The van der Waals surface area contributed by atoms with Gasteiger partial charge in [-0.2, -0.15) is 0 Å². The molecular weight excluding hydrogens is 417 g/mol. The fourth-order valence-corrected chi connectivity index (χ4v) is 5.62. The Morgan fingerprint density at radius 1 is 0.676 bits per heavy atom. The smallest absolute Gasteiger partial charge is 0.525 e. The van der Waals surface area contributed by atoms with E-state index in [-0.39, 0.29) is 7.05 Å². The molecule has 34 heavy (non-hydrogen) atoms. The van der Waals surface area contributed by atoms with E-state index in [1.165, 1.54) is 21.8 Å². The number of aromatic nitrogens is 2. The molecule has 0 bridgehead atoms. The molecule has 4 nitrogen and oxygen atoms in total. The molecule has 0 aliphatic carbocycles. The third kappa shape index (κ3) is 2.26. The molecule has 2 aromatic heterocycles. The van der Waals surface area contributed by atoms with Crippen molar-refractivity contribution in [1.29, 1.82) is 0 Å². The Bertz CT molecular complexity index is 1720. The Hall–Kier alpha value is -4.51. The van der Waals surface area contributed by atoms with Crippen LogP contribution in [0.2, 0.25) is 0 Å². The van der Waals surface area contributed by atoms with E-state index in [2.05, 4.69) is 94.3 Å². The Kier molecular flexibility index (Phi) is 3.45. The SMILES string of the molecule is c1ccc2c(c1)OB1c3ccc(-n4c5ccccc5c5ccccc54)cc3-c3ncccc3N12. The van der Waals surface area contributed by atoms with Crippen molar-refractivity contribution in [2.24, 2.45) is 0 Å². The average molecular weight is 435 g/mol. The molecule has 2 aliphatic heterocycles. The lowest BCUT2D eigenvalue weighted by molar-refractivity contribution is 0.603. The van der Waals surface area contributed by atoms with E-state index >= 15 is 0 Å². The van der Waals surface area contributed by atoms with Crippen LogP contribution in [0.5, 0.6) is 5.75 Å². The molecule has 6 aromatic rings. The monoisotopic (exact) mass is 435 g/mol. The third-order valence-electron chi connectivity index (χ3n) is 7.04. The van der Waals surface area contributed by atoms with Gasteiger partial charge in [-0.25, -0.2) is 0 Å². The molecule has 0 unspecified atom stereocenters. The highest BCUT2D eigenvalue weighted by atomic mass is 16.5. The van der Waals surface area contributed by atoms with E-state index in [9.17, 15) is 0 Å². The largest absolute Gasteiger partial charge is 0.536 e. The molecule has 0 radical (unpaired) electrons. The normalized spacial score (nSPS) is 13.4. The van der Waals surface area contributed by atoms with E-state index in [0.29, 0.717) is 0 Å². The number of anilines is 2. The number of para-hydroxylation sites is 4. The zero-order valence-corrected chi connectivity index (χ0v) is 18.2. The predicted molar refractivity (Wildman–Crippen MR) is 139 cm³/mol. The molecule has 0 spiro atoms. The van der Waals surface area contributed by atoms with Crippen LogP contribution in [-0.2, 0) is 0 Å². The molecule has 0 N–H and O–H groups in total. The second-order valence-corrected chi connectivity index (χ2v) is 8.82. The molecule has 0 fully saturated rings. The van der Waals surface area contributed by atoms with Crippen molar-refractivity contribution < 1.29 is 4.65 Å². The summed E-state index contributed by atoms with van der Waals surface area (Å²) in [6.45, 7) is 0. The van der Waals surface area contributed by atoms with Crippen LogP contribution < -0.4 is 14.9 Å². The molecule has 0 saturated carbocycles. The van der Waals surface area contributed by atoms with E-state index in [1.54, 1.807) is 0 Å². The van der Waals surface area contributed by atoms with Gasteiger partial charge in [0, 0.05) is 28.2 Å². The van der Waals surface area contributed by atoms with Gasteiger partial charge in [0.15, 0.2) is 0 Å². The highest BCUT2D eigenvalue weighted by Gasteiger charge is 2.45. The quantitative estimate of drug-likeness (QED) is 0.293. The molecule has 0 amide bonds. The molecular formula is C29H18BN3O. The lowest BCUT2D eigenvalue weighted by atomic mass is 9.65. The predicted octanol–water partition coefficient (Wildman–Crippen LogP) is 6.09. The van der Waals surface area contributed by atoms with Crippen molar-refractivity contribution in [3.05, 3.63) is 109 Å². The number of fused-ring (bicyclic) bond motifs is 11. The lowest BCUT2D eigenvalue weighted by Crippen LogP contribution is -2.50. The summed E-state index contributed by atoms with van der Waals surface area (Å²) in [6.07, 6.45) is 1.87. The first-order valence-corrected chi connectivity index (χ1v) is 11.5. The maximum atomic E-state index is 6.46. The summed E-state index contributed by atoms with van der Waals surface area (Å²) in [7, 11) is -0.198. The highest BCUT2D eigenvalue weighted by Crippen LogP contribution is 2.46. The summed E-state index contributed by atoms with van der Waals surface area (Å²) < 4.78 is 8.81. The van der Waals surface area contributed by atoms with E-state index in [1.807, 2.05) is 24.4 Å². The number of pyridine rings is 1.